The summed E-state index contributed by atoms with van der Waals surface area (Å²) in [6.07, 6.45) is -2.23. The Kier molecular flexibility index (Phi) is 4.54. The molecule has 4 unspecified atom stereocenters. The Balaban J connectivity index is 1.90. The summed E-state index contributed by atoms with van der Waals surface area (Å²) in [5.41, 5.74) is 11.7. The van der Waals surface area contributed by atoms with Crippen molar-refractivity contribution in [3.05, 3.63) is 0 Å². The number of nitrogens with two attached hydrogens (primary N) is 2. The van der Waals surface area contributed by atoms with E-state index in [0.717, 1.165) is 0 Å². The Morgan fingerprint density at radius 2 is 1.89 bits per heavy atom. The summed E-state index contributed by atoms with van der Waals surface area (Å²) in [7, 11) is 0. The van der Waals surface area contributed by atoms with Crippen LogP contribution >= 0.6 is 0 Å². The molecule has 0 amide bonds. The topological polar surface area (TPSA) is 131 Å². The second-order valence-electron chi connectivity index (χ2n) is 5.15. The molecule has 7 N–H and O–H groups in total. The summed E-state index contributed by atoms with van der Waals surface area (Å²) >= 11 is 0. The van der Waals surface area contributed by atoms with Crippen molar-refractivity contribution in [3.8, 4) is 0 Å². The van der Waals surface area contributed by atoms with Crippen LogP contribution in [-0.2, 0) is 9.47 Å². The molecule has 0 bridgehead atoms. The van der Waals surface area contributed by atoms with Gasteiger partial charge in [0.2, 0.25) is 0 Å². The molecule has 7 heteroatoms. The van der Waals surface area contributed by atoms with E-state index in [-0.39, 0.29) is 31.2 Å². The third-order valence-electron chi connectivity index (χ3n) is 3.63. The third-order valence-corrected chi connectivity index (χ3v) is 3.63. The third kappa shape index (κ3) is 3.00. The number of rotatable bonds is 3. The molecule has 0 aromatic rings. The van der Waals surface area contributed by atoms with E-state index >= 15 is 0 Å². The molecule has 7 nitrogen and oxygen atoms in total. The van der Waals surface area contributed by atoms with Crippen LogP contribution in [0.1, 0.15) is 19.3 Å². The number of aliphatic hydroxyl groups excluding tert-OH is 3. The van der Waals surface area contributed by atoms with E-state index in [4.69, 9.17) is 26.0 Å². The molecule has 18 heavy (non-hydrogen) atoms. The molecule has 0 aromatic heterocycles. The van der Waals surface area contributed by atoms with Gasteiger partial charge in [-0.05, 0) is 12.8 Å². The van der Waals surface area contributed by atoms with Gasteiger partial charge in [0.15, 0.2) is 6.29 Å². The van der Waals surface area contributed by atoms with E-state index in [0.29, 0.717) is 12.8 Å². The first-order chi connectivity index (χ1) is 8.51. The Hall–Kier alpha value is -0.280. The van der Waals surface area contributed by atoms with Crippen molar-refractivity contribution >= 4 is 0 Å². The smallest absolute Gasteiger partial charge is 0.161 e. The van der Waals surface area contributed by atoms with Gasteiger partial charge >= 0.3 is 0 Å². The van der Waals surface area contributed by atoms with Gasteiger partial charge in [-0.1, -0.05) is 0 Å². The zero-order chi connectivity index (χ0) is 13.3. The van der Waals surface area contributed by atoms with Crippen LogP contribution in [0.4, 0.5) is 0 Å². The standard InChI is InChI=1S/C11H22N2O5/c12-5-1-6(13)8(2-5)17-10-3-7(15)11(16)9(4-14)18-10/h5-11,14-16H,1-4,12-13H2/t5?,6?,7?,8?,9-,10+,11+/m1/s1. The predicted molar refractivity (Wildman–Crippen MR) is 62.4 cm³/mol. The lowest BCUT2D eigenvalue weighted by atomic mass is 10.0. The summed E-state index contributed by atoms with van der Waals surface area (Å²) in [5.74, 6) is 0. The number of ether oxygens (including phenoxy) is 2. The predicted octanol–water partition coefficient (Wildman–Crippen LogP) is -2.35. The van der Waals surface area contributed by atoms with Gasteiger partial charge in [-0.15, -0.1) is 0 Å². The van der Waals surface area contributed by atoms with Crippen molar-refractivity contribution in [1.82, 2.24) is 0 Å². The molecule has 0 radical (unpaired) electrons. The molecule has 1 saturated heterocycles. The van der Waals surface area contributed by atoms with E-state index in [1.165, 1.54) is 0 Å². The Morgan fingerprint density at radius 3 is 2.44 bits per heavy atom. The Labute approximate surface area is 106 Å². The number of hydrogen-bond donors (Lipinski definition) is 5. The molecule has 1 aliphatic carbocycles. The normalized spacial score (nSPS) is 49.5. The molecule has 1 aliphatic heterocycles. The van der Waals surface area contributed by atoms with Crippen molar-refractivity contribution in [2.45, 2.75) is 62.1 Å². The Morgan fingerprint density at radius 1 is 1.17 bits per heavy atom. The maximum atomic E-state index is 9.66. The van der Waals surface area contributed by atoms with E-state index in [1.54, 1.807) is 0 Å². The maximum Gasteiger partial charge on any atom is 0.161 e. The van der Waals surface area contributed by atoms with E-state index in [1.807, 2.05) is 0 Å². The van der Waals surface area contributed by atoms with Gasteiger partial charge in [0.1, 0.15) is 12.2 Å². The molecular formula is C11H22N2O5. The molecule has 2 fully saturated rings. The lowest BCUT2D eigenvalue weighted by Gasteiger charge is -2.37. The molecule has 1 saturated carbocycles. The second kappa shape index (κ2) is 5.79. The molecule has 1 heterocycles. The summed E-state index contributed by atoms with van der Waals surface area (Å²) in [6.45, 7) is -0.367. The van der Waals surface area contributed by atoms with Crippen molar-refractivity contribution in [2.75, 3.05) is 6.61 Å². The van der Waals surface area contributed by atoms with Crippen LogP contribution in [0.5, 0.6) is 0 Å². The number of hydrogen-bond acceptors (Lipinski definition) is 7. The summed E-state index contributed by atoms with van der Waals surface area (Å²) < 4.78 is 11.1. The average Bonchev–Trinajstić information content (AvgIpc) is 2.62. The van der Waals surface area contributed by atoms with Crippen LogP contribution in [0.2, 0.25) is 0 Å². The van der Waals surface area contributed by atoms with Crippen LogP contribution < -0.4 is 11.5 Å². The fraction of sp³-hybridized carbons (Fsp3) is 1.00. The molecule has 0 aromatic carbocycles. The second-order valence-corrected chi connectivity index (χ2v) is 5.15. The van der Waals surface area contributed by atoms with Crippen LogP contribution in [-0.4, -0.2) is 64.7 Å². The van der Waals surface area contributed by atoms with Crippen molar-refractivity contribution in [2.24, 2.45) is 11.5 Å². The number of aliphatic hydroxyl groups is 3. The first-order valence-electron chi connectivity index (χ1n) is 6.30. The van der Waals surface area contributed by atoms with Gasteiger partial charge in [-0.3, -0.25) is 0 Å². The van der Waals surface area contributed by atoms with Crippen LogP contribution in [0.25, 0.3) is 0 Å². The molecule has 106 valence electrons. The average molecular weight is 262 g/mol. The monoisotopic (exact) mass is 262 g/mol. The van der Waals surface area contributed by atoms with Crippen LogP contribution in [0.3, 0.4) is 0 Å². The molecule has 0 spiro atoms. The van der Waals surface area contributed by atoms with Gasteiger partial charge in [-0.2, -0.15) is 0 Å². The highest BCUT2D eigenvalue weighted by molar-refractivity contribution is 4.90. The highest BCUT2D eigenvalue weighted by Gasteiger charge is 2.40. The lowest BCUT2D eigenvalue weighted by Crippen LogP contribution is -2.51. The van der Waals surface area contributed by atoms with Crippen molar-refractivity contribution < 1.29 is 24.8 Å². The lowest BCUT2D eigenvalue weighted by molar-refractivity contribution is -0.269. The highest BCUT2D eigenvalue weighted by atomic mass is 16.7. The van der Waals surface area contributed by atoms with Crippen LogP contribution in [0, 0.1) is 0 Å². The van der Waals surface area contributed by atoms with E-state index < -0.39 is 24.6 Å². The van der Waals surface area contributed by atoms with Gasteiger partial charge in [0.25, 0.3) is 0 Å². The SMILES string of the molecule is NC1CC(N)C(O[C@@H]2CC(O)[C@H](O)[C@@H](CO)O2)C1. The van der Waals surface area contributed by atoms with Gasteiger partial charge < -0.3 is 36.3 Å². The van der Waals surface area contributed by atoms with Crippen LogP contribution in [0.15, 0.2) is 0 Å². The van der Waals surface area contributed by atoms with Crippen molar-refractivity contribution in [1.29, 1.82) is 0 Å². The minimum absolute atomic E-state index is 0.0257. The van der Waals surface area contributed by atoms with Crippen molar-refractivity contribution in [3.63, 3.8) is 0 Å². The molecular weight excluding hydrogens is 240 g/mol. The summed E-state index contributed by atoms with van der Waals surface area (Å²) in [5, 5.41) is 28.3. The summed E-state index contributed by atoms with van der Waals surface area (Å²) in [4.78, 5) is 0. The fourth-order valence-corrected chi connectivity index (χ4v) is 2.58. The van der Waals surface area contributed by atoms with E-state index in [9.17, 15) is 10.2 Å². The van der Waals surface area contributed by atoms with Gasteiger partial charge in [0.05, 0.1) is 18.8 Å². The Bertz CT molecular complexity index is 280. The van der Waals surface area contributed by atoms with Gasteiger partial charge in [-0.25, -0.2) is 0 Å². The molecule has 7 atom stereocenters. The molecule has 2 rings (SSSR count). The zero-order valence-electron chi connectivity index (χ0n) is 10.2. The quantitative estimate of drug-likeness (QED) is 0.385. The van der Waals surface area contributed by atoms with E-state index in [2.05, 4.69) is 0 Å². The zero-order valence-corrected chi connectivity index (χ0v) is 10.2. The first kappa shape index (κ1) is 14.1. The minimum Gasteiger partial charge on any atom is -0.394 e. The first-order valence-corrected chi connectivity index (χ1v) is 6.30. The summed E-state index contributed by atoms with van der Waals surface area (Å²) in [6, 6.07) is -0.113. The minimum atomic E-state index is -1.09. The fourth-order valence-electron chi connectivity index (χ4n) is 2.58. The maximum absolute atomic E-state index is 9.66. The largest absolute Gasteiger partial charge is 0.394 e. The molecule has 2 aliphatic rings. The highest BCUT2D eigenvalue weighted by Crippen LogP contribution is 2.26. The van der Waals surface area contributed by atoms with Gasteiger partial charge in [0, 0.05) is 18.5 Å².